The van der Waals surface area contributed by atoms with Gasteiger partial charge in [0.1, 0.15) is 11.9 Å². The van der Waals surface area contributed by atoms with Gasteiger partial charge in [0.05, 0.1) is 32.3 Å². The lowest BCUT2D eigenvalue weighted by molar-refractivity contribution is -0.141. The van der Waals surface area contributed by atoms with Crippen LogP contribution in [0.5, 0.6) is 5.75 Å². The summed E-state index contributed by atoms with van der Waals surface area (Å²) in [6.07, 6.45) is 0.814. The molecule has 3 rings (SSSR count). The quantitative estimate of drug-likeness (QED) is 0.632. The molecule has 0 spiro atoms. The lowest BCUT2D eigenvalue weighted by atomic mass is 9.97. The van der Waals surface area contributed by atoms with Gasteiger partial charge >= 0.3 is 6.03 Å². The van der Waals surface area contributed by atoms with Crippen molar-refractivity contribution in [2.75, 3.05) is 52.3 Å². The third-order valence-corrected chi connectivity index (χ3v) is 5.70. The van der Waals surface area contributed by atoms with E-state index >= 15 is 0 Å². The molecule has 2 saturated heterocycles. The smallest absolute Gasteiger partial charge is 0.319 e. The van der Waals surface area contributed by atoms with Crippen molar-refractivity contribution in [3.05, 3.63) is 24.3 Å². The van der Waals surface area contributed by atoms with Gasteiger partial charge in [0.25, 0.3) is 0 Å². The molecule has 30 heavy (non-hydrogen) atoms. The Balaban J connectivity index is 1.47. The van der Waals surface area contributed by atoms with Crippen molar-refractivity contribution in [2.24, 2.45) is 0 Å². The maximum Gasteiger partial charge on any atom is 0.319 e. The maximum atomic E-state index is 12.6. The molecule has 2 fully saturated rings. The molecule has 166 valence electrons. The van der Waals surface area contributed by atoms with Gasteiger partial charge in [0.2, 0.25) is 5.91 Å². The molecule has 0 saturated carbocycles. The summed E-state index contributed by atoms with van der Waals surface area (Å²) in [7, 11) is 3.62. The number of aliphatic hydroxyl groups is 1. The first-order chi connectivity index (χ1) is 14.5. The number of hydrogen-bond donors (Lipinski definition) is 3. The summed E-state index contributed by atoms with van der Waals surface area (Å²) in [5.41, 5.74) is 0.611. The van der Waals surface area contributed by atoms with E-state index < -0.39 is 6.10 Å². The highest BCUT2D eigenvalue weighted by Gasteiger charge is 2.34. The number of methoxy groups -OCH3 is 1. The van der Waals surface area contributed by atoms with Gasteiger partial charge in [-0.1, -0.05) is 6.07 Å². The van der Waals surface area contributed by atoms with Crippen LogP contribution >= 0.6 is 0 Å². The van der Waals surface area contributed by atoms with E-state index in [0.717, 1.165) is 26.2 Å². The van der Waals surface area contributed by atoms with Crippen molar-refractivity contribution in [3.8, 4) is 5.75 Å². The third kappa shape index (κ3) is 6.07. The molecule has 2 aliphatic rings. The van der Waals surface area contributed by atoms with Crippen LogP contribution in [-0.2, 0) is 9.53 Å². The molecule has 2 heterocycles. The van der Waals surface area contributed by atoms with Crippen molar-refractivity contribution < 1.29 is 24.2 Å². The fourth-order valence-electron chi connectivity index (χ4n) is 3.86. The number of benzene rings is 1. The Kier molecular flexibility index (Phi) is 7.89. The highest BCUT2D eigenvalue weighted by Crippen LogP contribution is 2.23. The molecule has 1 aromatic carbocycles. The van der Waals surface area contributed by atoms with Gasteiger partial charge < -0.3 is 35.0 Å². The fourth-order valence-corrected chi connectivity index (χ4v) is 3.86. The van der Waals surface area contributed by atoms with Crippen LogP contribution in [0.2, 0.25) is 0 Å². The van der Waals surface area contributed by atoms with Crippen LogP contribution in [0, 0.1) is 0 Å². The lowest BCUT2D eigenvalue weighted by Crippen LogP contribution is -2.53. The van der Waals surface area contributed by atoms with Crippen LogP contribution in [-0.4, -0.2) is 92.0 Å². The van der Waals surface area contributed by atoms with E-state index in [2.05, 4.69) is 22.6 Å². The number of likely N-dealkylation sites (N-methyl/N-ethyl adjacent to an activating group) is 1. The van der Waals surface area contributed by atoms with Gasteiger partial charge in [-0.2, -0.15) is 0 Å². The molecule has 3 atom stereocenters. The van der Waals surface area contributed by atoms with Crippen LogP contribution in [0.25, 0.3) is 0 Å². The summed E-state index contributed by atoms with van der Waals surface area (Å²) >= 11 is 0. The summed E-state index contributed by atoms with van der Waals surface area (Å²) in [6, 6.07) is 6.38. The van der Waals surface area contributed by atoms with Crippen molar-refractivity contribution in [1.82, 2.24) is 15.1 Å². The van der Waals surface area contributed by atoms with Gasteiger partial charge in [-0.05, 0) is 32.0 Å². The predicted octanol–water partition coefficient (Wildman–Crippen LogP) is 0.889. The number of anilines is 1. The number of amides is 3. The first-order valence-corrected chi connectivity index (χ1v) is 10.4. The highest BCUT2D eigenvalue weighted by atomic mass is 16.5. The first-order valence-electron chi connectivity index (χ1n) is 10.4. The summed E-state index contributed by atoms with van der Waals surface area (Å²) in [5.74, 6) is 0.738. The zero-order valence-corrected chi connectivity index (χ0v) is 17.7. The number of carbonyl (C=O) groups is 2. The van der Waals surface area contributed by atoms with E-state index in [0.29, 0.717) is 30.7 Å². The zero-order chi connectivity index (χ0) is 21.5. The standard InChI is InChI=1S/C21H32N4O5/c1-24-8-10-25(11-9-24)20(27)13-17-6-7-18(19(14-26)30-17)23-21(28)22-15-4-3-5-16(12-15)29-2/h3-5,12,17-19,26H,6-11,13-14H2,1-2H3,(H2,22,23,28)/t17-,18-,19-/m0/s1. The Morgan fingerprint density at radius 3 is 2.70 bits per heavy atom. The number of aliphatic hydroxyl groups excluding tert-OH is 1. The number of hydrogen-bond acceptors (Lipinski definition) is 6. The average Bonchev–Trinajstić information content (AvgIpc) is 2.75. The van der Waals surface area contributed by atoms with Crippen LogP contribution in [0.1, 0.15) is 19.3 Å². The Labute approximate surface area is 177 Å². The Bertz CT molecular complexity index is 723. The molecule has 9 nitrogen and oxygen atoms in total. The lowest BCUT2D eigenvalue weighted by Gasteiger charge is -2.37. The molecule has 0 bridgehead atoms. The molecule has 0 radical (unpaired) electrons. The minimum Gasteiger partial charge on any atom is -0.497 e. The number of nitrogens with zero attached hydrogens (tertiary/aromatic N) is 2. The van der Waals surface area contributed by atoms with Gasteiger partial charge in [-0.25, -0.2) is 4.79 Å². The second kappa shape index (κ2) is 10.6. The van der Waals surface area contributed by atoms with E-state index in [4.69, 9.17) is 9.47 Å². The van der Waals surface area contributed by atoms with E-state index in [-0.39, 0.29) is 30.7 Å². The number of nitrogens with one attached hydrogen (secondary N) is 2. The van der Waals surface area contributed by atoms with Crippen molar-refractivity contribution >= 4 is 17.6 Å². The van der Waals surface area contributed by atoms with Gasteiger partial charge in [-0.3, -0.25) is 4.79 Å². The molecule has 0 unspecified atom stereocenters. The Morgan fingerprint density at radius 1 is 1.23 bits per heavy atom. The van der Waals surface area contributed by atoms with E-state index in [9.17, 15) is 14.7 Å². The molecule has 2 aliphatic heterocycles. The number of rotatable bonds is 6. The number of carbonyl (C=O) groups excluding carboxylic acids is 2. The molecule has 1 aromatic rings. The van der Waals surface area contributed by atoms with Crippen molar-refractivity contribution in [3.63, 3.8) is 0 Å². The van der Waals surface area contributed by atoms with Crippen LogP contribution in [0.15, 0.2) is 24.3 Å². The molecule has 3 amide bonds. The molecular weight excluding hydrogens is 388 g/mol. The zero-order valence-electron chi connectivity index (χ0n) is 17.7. The van der Waals surface area contributed by atoms with E-state index in [1.807, 2.05) is 4.90 Å². The maximum absolute atomic E-state index is 12.6. The van der Waals surface area contributed by atoms with Gasteiger partial charge in [0, 0.05) is 37.9 Å². The molecule has 9 heteroatoms. The van der Waals surface area contributed by atoms with Gasteiger partial charge in [-0.15, -0.1) is 0 Å². The molecular formula is C21H32N4O5. The van der Waals surface area contributed by atoms with E-state index in [1.165, 1.54) is 0 Å². The second-order valence-corrected chi connectivity index (χ2v) is 7.88. The fraction of sp³-hybridized carbons (Fsp3) is 0.619. The number of ether oxygens (including phenoxy) is 2. The molecule has 3 N–H and O–H groups in total. The van der Waals surface area contributed by atoms with Crippen LogP contribution in [0.3, 0.4) is 0 Å². The summed E-state index contributed by atoms with van der Waals surface area (Å²) in [5, 5.41) is 15.4. The summed E-state index contributed by atoms with van der Waals surface area (Å²) in [6.45, 7) is 3.01. The van der Waals surface area contributed by atoms with Crippen molar-refractivity contribution in [1.29, 1.82) is 0 Å². The van der Waals surface area contributed by atoms with E-state index in [1.54, 1.807) is 31.4 Å². The monoisotopic (exact) mass is 420 g/mol. The van der Waals surface area contributed by atoms with Crippen LogP contribution in [0.4, 0.5) is 10.5 Å². The largest absolute Gasteiger partial charge is 0.497 e. The summed E-state index contributed by atoms with van der Waals surface area (Å²) < 4.78 is 11.1. The SMILES string of the molecule is COc1cccc(NC(=O)N[C@H]2CC[C@@H](CC(=O)N3CCN(C)CC3)O[C@H]2CO)c1. The minimum absolute atomic E-state index is 0.0898. The second-order valence-electron chi connectivity index (χ2n) is 7.88. The average molecular weight is 421 g/mol. The highest BCUT2D eigenvalue weighted by molar-refractivity contribution is 5.89. The first kappa shape index (κ1) is 22.3. The number of piperazine rings is 1. The molecule has 0 aliphatic carbocycles. The Hall–Kier alpha value is -2.36. The summed E-state index contributed by atoms with van der Waals surface area (Å²) in [4.78, 5) is 29.0. The molecule has 0 aromatic heterocycles. The number of urea groups is 1. The van der Waals surface area contributed by atoms with Crippen LogP contribution < -0.4 is 15.4 Å². The third-order valence-electron chi connectivity index (χ3n) is 5.70. The topological polar surface area (TPSA) is 103 Å². The minimum atomic E-state index is -0.542. The normalized spacial score (nSPS) is 24.9. The Morgan fingerprint density at radius 2 is 2.00 bits per heavy atom. The van der Waals surface area contributed by atoms with Crippen molar-refractivity contribution in [2.45, 2.75) is 37.5 Å². The predicted molar refractivity (Wildman–Crippen MR) is 113 cm³/mol. The van der Waals surface area contributed by atoms with Gasteiger partial charge in [0.15, 0.2) is 0 Å².